The van der Waals surface area contributed by atoms with Crippen LogP contribution < -0.4 is 0 Å². The molecule has 1 heterocycles. The van der Waals surface area contributed by atoms with Crippen molar-refractivity contribution < 1.29 is 10.2 Å². The first-order valence-corrected chi connectivity index (χ1v) is 6.83. The number of hydrogen-bond acceptors (Lipinski definition) is 2. The number of aliphatic hydroxyl groups is 1. The van der Waals surface area contributed by atoms with Gasteiger partial charge in [-0.15, -0.1) is 0 Å². The molecule has 2 aliphatic rings. The standard InChI is InChI=1S/C13H24NO2/c15-12-6-8-14(9-7-12)11-4-2-1-3-5-13(16)10-11/h11-13,16H,1-10H2. The fraction of sp³-hybridized carbons (Fsp3) is 1.00. The molecular weight excluding hydrogens is 202 g/mol. The summed E-state index contributed by atoms with van der Waals surface area (Å²) in [5, 5.41) is 21.2. The predicted octanol–water partition coefficient (Wildman–Crippen LogP) is 1.96. The van der Waals surface area contributed by atoms with Crippen molar-refractivity contribution >= 4 is 0 Å². The third-order valence-corrected chi connectivity index (χ3v) is 4.11. The van der Waals surface area contributed by atoms with E-state index in [1.54, 1.807) is 0 Å². The van der Waals surface area contributed by atoms with Crippen LogP contribution in [-0.4, -0.2) is 41.3 Å². The average Bonchev–Trinajstić information content (AvgIpc) is 2.24. The van der Waals surface area contributed by atoms with Crippen LogP contribution in [0.5, 0.6) is 0 Å². The van der Waals surface area contributed by atoms with Crippen LogP contribution >= 0.6 is 0 Å². The third kappa shape index (κ3) is 3.44. The molecule has 0 aromatic carbocycles. The van der Waals surface area contributed by atoms with E-state index in [-0.39, 0.29) is 12.2 Å². The van der Waals surface area contributed by atoms with E-state index < -0.39 is 0 Å². The fourth-order valence-corrected chi connectivity index (χ4v) is 3.06. The molecule has 0 amide bonds. The van der Waals surface area contributed by atoms with E-state index in [4.69, 9.17) is 0 Å². The normalized spacial score (nSPS) is 35.6. The zero-order chi connectivity index (χ0) is 11.4. The molecular formula is C13H24NO2. The van der Waals surface area contributed by atoms with Crippen molar-refractivity contribution in [3.63, 3.8) is 0 Å². The van der Waals surface area contributed by atoms with E-state index in [9.17, 15) is 10.2 Å². The summed E-state index contributed by atoms with van der Waals surface area (Å²) in [6.07, 6.45) is 7.96. The molecule has 0 bridgehead atoms. The van der Waals surface area contributed by atoms with E-state index >= 15 is 0 Å². The van der Waals surface area contributed by atoms with E-state index in [1.807, 2.05) is 0 Å². The Balaban J connectivity index is 1.85. The molecule has 1 saturated carbocycles. The maximum Gasteiger partial charge on any atom is 0.0954 e. The molecule has 2 fully saturated rings. The number of nitrogens with zero attached hydrogens (tertiary/aromatic N) is 1. The van der Waals surface area contributed by atoms with Crippen molar-refractivity contribution in [2.24, 2.45) is 0 Å². The highest BCUT2D eigenvalue weighted by Crippen LogP contribution is 2.24. The van der Waals surface area contributed by atoms with Gasteiger partial charge in [-0.05, 0) is 32.1 Å². The van der Waals surface area contributed by atoms with Crippen molar-refractivity contribution in [3.05, 3.63) is 0 Å². The Bertz CT molecular complexity index is 202. The van der Waals surface area contributed by atoms with Crippen molar-refractivity contribution in [1.82, 2.24) is 4.90 Å². The molecule has 0 aromatic heterocycles. The number of piperidine rings is 1. The maximum atomic E-state index is 11.3. The molecule has 2 rings (SSSR count). The number of likely N-dealkylation sites (tertiary alicyclic amines) is 1. The minimum atomic E-state index is -0.338. The summed E-state index contributed by atoms with van der Waals surface area (Å²) in [6, 6.07) is 0.530. The molecule has 0 aromatic rings. The monoisotopic (exact) mass is 226 g/mol. The van der Waals surface area contributed by atoms with Crippen LogP contribution in [0.3, 0.4) is 0 Å². The molecule has 1 saturated heterocycles. The second-order valence-electron chi connectivity index (χ2n) is 5.42. The van der Waals surface area contributed by atoms with Gasteiger partial charge in [-0.25, -0.2) is 5.11 Å². The van der Waals surface area contributed by atoms with E-state index in [0.717, 1.165) is 38.8 Å². The lowest BCUT2D eigenvalue weighted by molar-refractivity contribution is 0.00163. The molecule has 0 spiro atoms. The van der Waals surface area contributed by atoms with Gasteiger partial charge in [0.15, 0.2) is 0 Å². The first-order chi connectivity index (χ1) is 7.75. The van der Waals surface area contributed by atoms with Crippen LogP contribution in [0, 0.1) is 0 Å². The van der Waals surface area contributed by atoms with Crippen LogP contribution in [-0.2, 0) is 5.11 Å². The summed E-state index contributed by atoms with van der Waals surface area (Å²) in [4.78, 5) is 2.45. The maximum absolute atomic E-state index is 11.3. The Labute approximate surface area is 98.5 Å². The molecule has 3 nitrogen and oxygen atoms in total. The van der Waals surface area contributed by atoms with Crippen molar-refractivity contribution in [2.45, 2.75) is 69.6 Å². The highest BCUT2D eigenvalue weighted by molar-refractivity contribution is 4.81. The van der Waals surface area contributed by atoms with Gasteiger partial charge in [-0.2, -0.15) is 0 Å². The van der Waals surface area contributed by atoms with Gasteiger partial charge in [0.1, 0.15) is 0 Å². The summed E-state index contributed by atoms with van der Waals surface area (Å²) >= 11 is 0. The van der Waals surface area contributed by atoms with Crippen LogP contribution in [0.4, 0.5) is 0 Å². The van der Waals surface area contributed by atoms with E-state index in [1.165, 1.54) is 25.7 Å². The van der Waals surface area contributed by atoms with Gasteiger partial charge in [0.05, 0.1) is 12.2 Å². The lowest BCUT2D eigenvalue weighted by Gasteiger charge is -2.37. The third-order valence-electron chi connectivity index (χ3n) is 4.11. The molecule has 2 unspecified atom stereocenters. The van der Waals surface area contributed by atoms with Crippen LogP contribution in [0.15, 0.2) is 0 Å². The van der Waals surface area contributed by atoms with Gasteiger partial charge in [0.2, 0.25) is 0 Å². The van der Waals surface area contributed by atoms with Gasteiger partial charge in [-0.1, -0.05) is 19.3 Å². The second-order valence-corrected chi connectivity index (χ2v) is 5.42. The van der Waals surface area contributed by atoms with Gasteiger partial charge in [-0.3, -0.25) is 0 Å². The largest absolute Gasteiger partial charge is 0.393 e. The number of aliphatic hydroxyl groups excluding tert-OH is 1. The Kier molecular flexibility index (Phi) is 4.62. The Morgan fingerprint density at radius 2 is 1.62 bits per heavy atom. The highest BCUT2D eigenvalue weighted by atomic mass is 16.3. The van der Waals surface area contributed by atoms with Gasteiger partial charge >= 0.3 is 0 Å². The summed E-state index contributed by atoms with van der Waals surface area (Å²) in [6.45, 7) is 1.90. The zero-order valence-corrected chi connectivity index (χ0v) is 10.1. The van der Waals surface area contributed by atoms with Crippen LogP contribution in [0.2, 0.25) is 0 Å². The lowest BCUT2D eigenvalue weighted by atomic mass is 9.92. The molecule has 2 atom stereocenters. The summed E-state index contributed by atoms with van der Waals surface area (Å²) in [5.74, 6) is 0. The van der Waals surface area contributed by atoms with Gasteiger partial charge in [0.25, 0.3) is 0 Å². The smallest absolute Gasteiger partial charge is 0.0954 e. The van der Waals surface area contributed by atoms with Gasteiger partial charge in [0, 0.05) is 19.1 Å². The number of rotatable bonds is 1. The van der Waals surface area contributed by atoms with Crippen LogP contribution in [0.1, 0.15) is 51.4 Å². The lowest BCUT2D eigenvalue weighted by Crippen LogP contribution is -2.44. The van der Waals surface area contributed by atoms with Crippen molar-refractivity contribution in [2.75, 3.05) is 13.1 Å². The summed E-state index contributed by atoms with van der Waals surface area (Å²) in [5.41, 5.74) is 0. The first kappa shape index (κ1) is 12.3. The first-order valence-electron chi connectivity index (χ1n) is 6.83. The SMILES string of the molecule is [O]C1CCN(C2CCCCCC(O)C2)CC1. The quantitative estimate of drug-likeness (QED) is 0.743. The number of hydrogen-bond donors (Lipinski definition) is 1. The molecule has 16 heavy (non-hydrogen) atoms. The molecule has 3 heteroatoms. The average molecular weight is 226 g/mol. The summed E-state index contributed by atoms with van der Waals surface area (Å²) < 4.78 is 0. The molecule has 1 aliphatic heterocycles. The Hall–Kier alpha value is -0.120. The summed E-state index contributed by atoms with van der Waals surface area (Å²) in [7, 11) is 0. The van der Waals surface area contributed by atoms with Crippen LogP contribution in [0.25, 0.3) is 0 Å². The second kappa shape index (κ2) is 5.99. The Morgan fingerprint density at radius 3 is 2.38 bits per heavy atom. The minimum absolute atomic E-state index is 0.115. The minimum Gasteiger partial charge on any atom is -0.393 e. The van der Waals surface area contributed by atoms with Crippen molar-refractivity contribution in [3.8, 4) is 0 Å². The van der Waals surface area contributed by atoms with Crippen molar-refractivity contribution in [1.29, 1.82) is 0 Å². The molecule has 93 valence electrons. The molecule has 1 N–H and O–H groups in total. The molecule has 1 aliphatic carbocycles. The Morgan fingerprint density at radius 1 is 0.938 bits per heavy atom. The predicted molar refractivity (Wildman–Crippen MR) is 62.8 cm³/mol. The van der Waals surface area contributed by atoms with E-state index in [0.29, 0.717) is 6.04 Å². The highest BCUT2D eigenvalue weighted by Gasteiger charge is 2.26. The van der Waals surface area contributed by atoms with Gasteiger partial charge < -0.3 is 10.0 Å². The van der Waals surface area contributed by atoms with E-state index in [2.05, 4.69) is 4.90 Å². The fourth-order valence-electron chi connectivity index (χ4n) is 3.06. The zero-order valence-electron chi connectivity index (χ0n) is 10.1. The molecule has 1 radical (unpaired) electrons. The topological polar surface area (TPSA) is 43.4 Å².